The van der Waals surface area contributed by atoms with E-state index in [-0.39, 0.29) is 0 Å². The van der Waals surface area contributed by atoms with Crippen LogP contribution in [0, 0.1) is 6.92 Å². The molecule has 0 fully saturated rings. The molecule has 5 heteroatoms. The Bertz CT molecular complexity index is 522. The third-order valence-electron chi connectivity index (χ3n) is 2.46. The van der Waals surface area contributed by atoms with Gasteiger partial charge in [-0.15, -0.1) is 0 Å². The van der Waals surface area contributed by atoms with Gasteiger partial charge in [-0.25, -0.2) is 0 Å². The van der Waals surface area contributed by atoms with Crippen LogP contribution in [0.1, 0.15) is 5.56 Å². The SMILES string of the molecule is COc1c(Cl)ccc(C)c1-c1cn[nH]c1N. The van der Waals surface area contributed by atoms with Gasteiger partial charge in [-0.1, -0.05) is 17.7 Å². The zero-order valence-corrected chi connectivity index (χ0v) is 9.80. The van der Waals surface area contributed by atoms with E-state index in [2.05, 4.69) is 10.2 Å². The van der Waals surface area contributed by atoms with Crippen LogP contribution in [0.3, 0.4) is 0 Å². The highest BCUT2D eigenvalue weighted by Crippen LogP contribution is 2.40. The van der Waals surface area contributed by atoms with E-state index in [1.165, 1.54) is 0 Å². The lowest BCUT2D eigenvalue weighted by Gasteiger charge is -2.12. The summed E-state index contributed by atoms with van der Waals surface area (Å²) < 4.78 is 5.31. The van der Waals surface area contributed by atoms with E-state index in [9.17, 15) is 0 Å². The molecule has 4 nitrogen and oxygen atoms in total. The molecule has 0 spiro atoms. The van der Waals surface area contributed by atoms with Gasteiger partial charge in [0, 0.05) is 11.1 Å². The first kappa shape index (κ1) is 10.8. The minimum absolute atomic E-state index is 0.503. The van der Waals surface area contributed by atoms with E-state index in [4.69, 9.17) is 22.1 Å². The van der Waals surface area contributed by atoms with Gasteiger partial charge in [-0.2, -0.15) is 5.10 Å². The minimum Gasteiger partial charge on any atom is -0.495 e. The number of hydrogen-bond acceptors (Lipinski definition) is 3. The average Bonchev–Trinajstić information content (AvgIpc) is 2.67. The monoisotopic (exact) mass is 237 g/mol. The predicted molar refractivity (Wildman–Crippen MR) is 64.7 cm³/mol. The highest BCUT2D eigenvalue weighted by molar-refractivity contribution is 6.32. The summed E-state index contributed by atoms with van der Waals surface area (Å²) in [7, 11) is 1.58. The summed E-state index contributed by atoms with van der Waals surface area (Å²) in [5.41, 5.74) is 8.51. The van der Waals surface area contributed by atoms with Gasteiger partial charge in [-0.3, -0.25) is 5.10 Å². The Kier molecular flexibility index (Phi) is 2.75. The summed E-state index contributed by atoms with van der Waals surface area (Å²) in [4.78, 5) is 0. The van der Waals surface area contributed by atoms with Crippen LogP contribution >= 0.6 is 11.6 Å². The first-order valence-corrected chi connectivity index (χ1v) is 5.15. The molecule has 1 aromatic carbocycles. The van der Waals surface area contributed by atoms with Crippen LogP contribution in [0.5, 0.6) is 5.75 Å². The number of benzene rings is 1. The van der Waals surface area contributed by atoms with Gasteiger partial charge in [-0.05, 0) is 18.6 Å². The first-order chi connectivity index (χ1) is 7.65. The van der Waals surface area contributed by atoms with E-state index >= 15 is 0 Å². The van der Waals surface area contributed by atoms with Gasteiger partial charge in [0.05, 0.1) is 18.3 Å². The van der Waals surface area contributed by atoms with Crippen molar-refractivity contribution in [3.8, 4) is 16.9 Å². The van der Waals surface area contributed by atoms with E-state index < -0.39 is 0 Å². The van der Waals surface area contributed by atoms with Crippen LogP contribution in [0.2, 0.25) is 5.02 Å². The number of nitrogen functional groups attached to an aromatic ring is 1. The molecule has 0 aliphatic heterocycles. The lowest BCUT2D eigenvalue weighted by Crippen LogP contribution is -1.94. The number of aromatic nitrogens is 2. The predicted octanol–water partition coefficient (Wildman–Crippen LogP) is 2.63. The lowest BCUT2D eigenvalue weighted by molar-refractivity contribution is 0.416. The van der Waals surface area contributed by atoms with Gasteiger partial charge in [0.2, 0.25) is 0 Å². The van der Waals surface area contributed by atoms with Crippen molar-refractivity contribution in [1.29, 1.82) is 0 Å². The van der Waals surface area contributed by atoms with Crippen LogP contribution in [0.25, 0.3) is 11.1 Å². The molecule has 0 unspecified atom stereocenters. The summed E-state index contributed by atoms with van der Waals surface area (Å²) in [6.45, 7) is 1.97. The van der Waals surface area contributed by atoms with Gasteiger partial charge in [0.1, 0.15) is 11.6 Å². The quantitative estimate of drug-likeness (QED) is 0.844. The maximum absolute atomic E-state index is 6.07. The summed E-state index contributed by atoms with van der Waals surface area (Å²) in [5.74, 6) is 1.12. The number of methoxy groups -OCH3 is 1. The Morgan fingerprint density at radius 3 is 2.75 bits per heavy atom. The number of nitrogens with zero attached hydrogens (tertiary/aromatic N) is 1. The fraction of sp³-hybridized carbons (Fsp3) is 0.182. The third kappa shape index (κ3) is 1.61. The van der Waals surface area contributed by atoms with Crippen LogP contribution in [-0.2, 0) is 0 Å². The molecule has 0 bridgehead atoms. The topological polar surface area (TPSA) is 63.9 Å². The van der Waals surface area contributed by atoms with Crippen molar-refractivity contribution in [3.63, 3.8) is 0 Å². The Labute approximate surface area is 98.4 Å². The molecule has 0 radical (unpaired) electrons. The third-order valence-corrected chi connectivity index (χ3v) is 2.76. The standard InChI is InChI=1S/C11H12ClN3O/c1-6-3-4-8(12)10(16-2)9(6)7-5-14-15-11(7)13/h3-5H,1-2H3,(H3,13,14,15). The molecule has 84 valence electrons. The van der Waals surface area contributed by atoms with Crippen molar-refractivity contribution in [2.45, 2.75) is 6.92 Å². The summed E-state index contributed by atoms with van der Waals surface area (Å²) >= 11 is 6.07. The number of ether oxygens (including phenoxy) is 1. The number of aryl methyl sites for hydroxylation is 1. The maximum Gasteiger partial charge on any atom is 0.145 e. The van der Waals surface area contributed by atoms with Crippen molar-refractivity contribution >= 4 is 17.4 Å². The van der Waals surface area contributed by atoms with E-state index in [0.717, 1.165) is 16.7 Å². The number of hydrogen-bond donors (Lipinski definition) is 2. The molecule has 0 atom stereocenters. The van der Waals surface area contributed by atoms with Crippen LogP contribution in [0.4, 0.5) is 5.82 Å². The Morgan fingerprint density at radius 2 is 2.19 bits per heavy atom. The number of anilines is 1. The molecule has 1 heterocycles. The van der Waals surface area contributed by atoms with Gasteiger partial charge >= 0.3 is 0 Å². The van der Waals surface area contributed by atoms with Gasteiger partial charge in [0.15, 0.2) is 0 Å². The molecule has 16 heavy (non-hydrogen) atoms. The normalized spacial score (nSPS) is 10.4. The second kappa shape index (κ2) is 4.06. The van der Waals surface area contributed by atoms with Gasteiger partial charge < -0.3 is 10.5 Å². The second-order valence-electron chi connectivity index (χ2n) is 3.47. The van der Waals surface area contributed by atoms with Crippen LogP contribution in [-0.4, -0.2) is 17.3 Å². The fourth-order valence-electron chi connectivity index (χ4n) is 1.69. The van der Waals surface area contributed by atoms with E-state index in [1.807, 2.05) is 13.0 Å². The number of H-pyrrole nitrogens is 1. The minimum atomic E-state index is 0.503. The maximum atomic E-state index is 6.07. The smallest absolute Gasteiger partial charge is 0.145 e. The number of rotatable bonds is 2. The zero-order valence-electron chi connectivity index (χ0n) is 9.04. The summed E-state index contributed by atoms with van der Waals surface area (Å²) in [6.07, 6.45) is 1.66. The Hall–Kier alpha value is -1.68. The molecule has 3 N–H and O–H groups in total. The van der Waals surface area contributed by atoms with Gasteiger partial charge in [0.25, 0.3) is 0 Å². The molecule has 0 aliphatic rings. The second-order valence-corrected chi connectivity index (χ2v) is 3.88. The molecule has 0 aliphatic carbocycles. The first-order valence-electron chi connectivity index (χ1n) is 4.77. The zero-order chi connectivity index (χ0) is 11.7. The van der Waals surface area contributed by atoms with Crippen molar-refractivity contribution in [3.05, 3.63) is 28.9 Å². The number of nitrogens with one attached hydrogen (secondary N) is 1. The van der Waals surface area contributed by atoms with Crippen LogP contribution < -0.4 is 10.5 Å². The highest BCUT2D eigenvalue weighted by atomic mass is 35.5. The fourth-order valence-corrected chi connectivity index (χ4v) is 1.92. The molecular formula is C11H12ClN3O. The van der Waals surface area contributed by atoms with Crippen LogP contribution in [0.15, 0.2) is 18.3 Å². The van der Waals surface area contributed by atoms with Crippen molar-refractivity contribution in [2.24, 2.45) is 0 Å². The largest absolute Gasteiger partial charge is 0.495 e. The van der Waals surface area contributed by atoms with Crippen molar-refractivity contribution in [1.82, 2.24) is 10.2 Å². The summed E-state index contributed by atoms with van der Waals surface area (Å²) in [5, 5.41) is 7.15. The van der Waals surface area contributed by atoms with Crippen molar-refractivity contribution in [2.75, 3.05) is 12.8 Å². The molecule has 2 rings (SSSR count). The number of halogens is 1. The molecule has 0 amide bonds. The Balaban J connectivity index is 2.73. The summed E-state index contributed by atoms with van der Waals surface area (Å²) in [6, 6.07) is 3.72. The molecule has 0 saturated heterocycles. The Morgan fingerprint density at radius 1 is 1.44 bits per heavy atom. The molecule has 2 aromatic rings. The lowest BCUT2D eigenvalue weighted by atomic mass is 10.0. The number of nitrogens with two attached hydrogens (primary N) is 1. The van der Waals surface area contributed by atoms with Crippen molar-refractivity contribution < 1.29 is 4.74 Å². The average molecular weight is 238 g/mol. The number of aromatic amines is 1. The molecular weight excluding hydrogens is 226 g/mol. The van der Waals surface area contributed by atoms with E-state index in [1.54, 1.807) is 19.4 Å². The molecule has 0 saturated carbocycles. The van der Waals surface area contributed by atoms with E-state index in [0.29, 0.717) is 16.6 Å². The highest BCUT2D eigenvalue weighted by Gasteiger charge is 2.16. The molecule has 1 aromatic heterocycles.